The molecule has 128 valence electrons. The molecule has 4 heterocycles. The molecule has 4 rings (SSSR count). The smallest absolute Gasteiger partial charge is 0.233 e. The van der Waals surface area contributed by atoms with E-state index in [0.29, 0.717) is 35.7 Å². The lowest BCUT2D eigenvalue weighted by molar-refractivity contribution is -0.133. The summed E-state index contributed by atoms with van der Waals surface area (Å²) in [6.07, 6.45) is 3.37. The van der Waals surface area contributed by atoms with E-state index in [0.717, 1.165) is 5.56 Å². The van der Waals surface area contributed by atoms with Gasteiger partial charge in [-0.1, -0.05) is 16.9 Å². The second-order valence-corrected chi connectivity index (χ2v) is 6.51. The zero-order valence-electron chi connectivity index (χ0n) is 13.3. The Morgan fingerprint density at radius 3 is 3.04 bits per heavy atom. The van der Waals surface area contributed by atoms with E-state index in [-0.39, 0.29) is 11.8 Å². The van der Waals surface area contributed by atoms with Crippen molar-refractivity contribution < 1.29 is 9.32 Å². The van der Waals surface area contributed by atoms with Gasteiger partial charge in [-0.05, 0) is 22.6 Å². The standard InChI is InChI=1S/C14H14N8O2S/c1-21-14(17-19-20-21)25-8-11(23)22-6-10(7-22)13-16-12(18-24-13)9-3-2-4-15-5-9/h2-5,10H,6-8H2,1H3. The Kier molecular flexibility index (Phi) is 4.14. The predicted octanol–water partition coefficient (Wildman–Crippen LogP) is 0.373. The van der Waals surface area contributed by atoms with E-state index >= 15 is 0 Å². The summed E-state index contributed by atoms with van der Waals surface area (Å²) in [5, 5.41) is 15.7. The molecule has 3 aromatic rings. The molecule has 0 saturated carbocycles. The summed E-state index contributed by atoms with van der Waals surface area (Å²) < 4.78 is 6.86. The summed E-state index contributed by atoms with van der Waals surface area (Å²) in [7, 11) is 1.74. The van der Waals surface area contributed by atoms with Crippen molar-refractivity contribution in [3.8, 4) is 11.4 Å². The summed E-state index contributed by atoms with van der Waals surface area (Å²) in [6, 6.07) is 3.69. The lowest BCUT2D eigenvalue weighted by Gasteiger charge is -2.36. The number of carbonyl (C=O) groups is 1. The number of carbonyl (C=O) groups excluding carboxylic acids is 1. The van der Waals surface area contributed by atoms with E-state index in [1.165, 1.54) is 16.4 Å². The van der Waals surface area contributed by atoms with Gasteiger partial charge in [0.05, 0.1) is 11.7 Å². The molecule has 0 atom stereocenters. The number of hydrogen-bond acceptors (Lipinski definition) is 9. The van der Waals surface area contributed by atoms with Crippen LogP contribution in [-0.4, -0.2) is 65.0 Å². The number of hydrogen-bond donors (Lipinski definition) is 0. The van der Waals surface area contributed by atoms with Crippen molar-refractivity contribution in [2.75, 3.05) is 18.8 Å². The van der Waals surface area contributed by atoms with Crippen molar-refractivity contribution >= 4 is 17.7 Å². The molecule has 25 heavy (non-hydrogen) atoms. The third-order valence-electron chi connectivity index (χ3n) is 3.85. The van der Waals surface area contributed by atoms with Crippen LogP contribution in [0.1, 0.15) is 11.8 Å². The average Bonchev–Trinajstić information content (AvgIpc) is 3.22. The average molecular weight is 358 g/mol. The molecule has 1 saturated heterocycles. The number of thioether (sulfide) groups is 1. The molecule has 1 amide bonds. The Morgan fingerprint density at radius 1 is 1.44 bits per heavy atom. The highest BCUT2D eigenvalue weighted by Crippen LogP contribution is 2.28. The molecule has 0 spiro atoms. The summed E-state index contributed by atoms with van der Waals surface area (Å²) in [5.41, 5.74) is 0.804. The van der Waals surface area contributed by atoms with Crippen molar-refractivity contribution in [2.24, 2.45) is 7.05 Å². The lowest BCUT2D eigenvalue weighted by atomic mass is 10.0. The molecule has 0 N–H and O–H groups in total. The summed E-state index contributed by atoms with van der Waals surface area (Å²) in [4.78, 5) is 22.4. The molecule has 0 aromatic carbocycles. The monoisotopic (exact) mass is 358 g/mol. The number of pyridine rings is 1. The minimum atomic E-state index is 0.0382. The number of likely N-dealkylation sites (tertiary alicyclic amines) is 1. The first kappa shape index (κ1) is 15.7. The molecule has 3 aromatic heterocycles. The van der Waals surface area contributed by atoms with Gasteiger partial charge in [0.2, 0.25) is 22.8 Å². The van der Waals surface area contributed by atoms with Gasteiger partial charge in [0, 0.05) is 38.1 Å². The number of aryl methyl sites for hydroxylation is 1. The van der Waals surface area contributed by atoms with Crippen molar-refractivity contribution in [1.82, 2.24) is 40.2 Å². The Bertz CT molecular complexity index is 874. The molecule has 1 fully saturated rings. The van der Waals surface area contributed by atoms with Gasteiger partial charge < -0.3 is 9.42 Å². The van der Waals surface area contributed by atoms with E-state index in [4.69, 9.17) is 4.52 Å². The molecule has 0 bridgehead atoms. The van der Waals surface area contributed by atoms with Crippen molar-refractivity contribution in [3.63, 3.8) is 0 Å². The first-order valence-corrected chi connectivity index (χ1v) is 8.56. The Hall–Kier alpha value is -2.82. The fourth-order valence-corrected chi connectivity index (χ4v) is 3.17. The molecular formula is C14H14N8O2S. The van der Waals surface area contributed by atoms with E-state index < -0.39 is 0 Å². The van der Waals surface area contributed by atoms with Crippen LogP contribution < -0.4 is 0 Å². The van der Waals surface area contributed by atoms with Crippen LogP contribution in [0.2, 0.25) is 0 Å². The third-order valence-corrected chi connectivity index (χ3v) is 4.85. The topological polar surface area (TPSA) is 116 Å². The second-order valence-electron chi connectivity index (χ2n) is 5.57. The summed E-state index contributed by atoms with van der Waals surface area (Å²) >= 11 is 1.32. The Morgan fingerprint density at radius 2 is 2.32 bits per heavy atom. The zero-order chi connectivity index (χ0) is 17.2. The molecule has 1 aliphatic rings. The van der Waals surface area contributed by atoms with Gasteiger partial charge in [-0.3, -0.25) is 9.78 Å². The number of rotatable bonds is 5. The van der Waals surface area contributed by atoms with Gasteiger partial charge in [0.25, 0.3) is 0 Å². The van der Waals surface area contributed by atoms with Crippen molar-refractivity contribution in [1.29, 1.82) is 0 Å². The van der Waals surface area contributed by atoms with Crippen LogP contribution in [0.5, 0.6) is 0 Å². The van der Waals surface area contributed by atoms with Gasteiger partial charge >= 0.3 is 0 Å². The van der Waals surface area contributed by atoms with Crippen LogP contribution in [0.15, 0.2) is 34.2 Å². The summed E-state index contributed by atoms with van der Waals surface area (Å²) in [5.74, 6) is 1.47. The van der Waals surface area contributed by atoms with Crippen LogP contribution in [0, 0.1) is 0 Å². The van der Waals surface area contributed by atoms with Crippen LogP contribution in [-0.2, 0) is 11.8 Å². The van der Waals surface area contributed by atoms with Crippen LogP contribution >= 0.6 is 11.8 Å². The third kappa shape index (κ3) is 3.22. The SMILES string of the molecule is Cn1nnnc1SCC(=O)N1CC(c2nc(-c3cccnc3)no2)C1. The minimum Gasteiger partial charge on any atom is -0.340 e. The van der Waals surface area contributed by atoms with Crippen molar-refractivity contribution in [3.05, 3.63) is 30.4 Å². The Balaban J connectivity index is 1.31. The molecule has 0 aliphatic carbocycles. The normalized spacial score (nSPS) is 14.5. The highest BCUT2D eigenvalue weighted by Gasteiger charge is 2.35. The van der Waals surface area contributed by atoms with E-state index in [1.807, 2.05) is 12.1 Å². The largest absolute Gasteiger partial charge is 0.340 e. The van der Waals surface area contributed by atoms with Crippen LogP contribution in [0.3, 0.4) is 0 Å². The zero-order valence-corrected chi connectivity index (χ0v) is 14.1. The predicted molar refractivity (Wildman–Crippen MR) is 86.4 cm³/mol. The maximum Gasteiger partial charge on any atom is 0.233 e. The molecular weight excluding hydrogens is 344 g/mol. The maximum atomic E-state index is 12.2. The first-order valence-electron chi connectivity index (χ1n) is 7.57. The maximum absolute atomic E-state index is 12.2. The van der Waals surface area contributed by atoms with E-state index in [1.54, 1.807) is 24.3 Å². The number of nitrogens with zero attached hydrogens (tertiary/aromatic N) is 8. The van der Waals surface area contributed by atoms with Gasteiger partial charge in [0.1, 0.15) is 0 Å². The molecule has 0 radical (unpaired) electrons. The summed E-state index contributed by atoms with van der Waals surface area (Å²) in [6.45, 7) is 1.15. The fourth-order valence-electron chi connectivity index (χ4n) is 2.41. The molecule has 1 aliphatic heterocycles. The second kappa shape index (κ2) is 6.59. The highest BCUT2D eigenvalue weighted by molar-refractivity contribution is 7.99. The van der Waals surface area contributed by atoms with Crippen molar-refractivity contribution in [2.45, 2.75) is 11.1 Å². The van der Waals surface area contributed by atoms with Gasteiger partial charge in [-0.2, -0.15) is 4.98 Å². The number of tetrazole rings is 1. The Labute approximate surface area is 146 Å². The highest BCUT2D eigenvalue weighted by atomic mass is 32.2. The van der Waals surface area contributed by atoms with Gasteiger partial charge in [0.15, 0.2) is 0 Å². The first-order chi connectivity index (χ1) is 12.2. The molecule has 11 heteroatoms. The number of aromatic nitrogens is 7. The van der Waals surface area contributed by atoms with Crippen LogP contribution in [0.4, 0.5) is 0 Å². The molecule has 10 nitrogen and oxygen atoms in total. The lowest BCUT2D eigenvalue weighted by Crippen LogP contribution is -2.49. The fraction of sp³-hybridized carbons (Fsp3) is 0.357. The van der Waals surface area contributed by atoms with Gasteiger partial charge in [-0.15, -0.1) is 5.10 Å². The minimum absolute atomic E-state index is 0.0382. The van der Waals surface area contributed by atoms with E-state index in [2.05, 4.69) is 30.7 Å². The van der Waals surface area contributed by atoms with E-state index in [9.17, 15) is 4.79 Å². The molecule has 0 unspecified atom stereocenters. The van der Waals surface area contributed by atoms with Gasteiger partial charge in [-0.25, -0.2) is 4.68 Å². The number of amides is 1. The quantitative estimate of drug-likeness (QED) is 0.596. The van der Waals surface area contributed by atoms with Crippen LogP contribution in [0.25, 0.3) is 11.4 Å².